The van der Waals surface area contributed by atoms with E-state index in [-0.39, 0.29) is 22.5 Å². The molecule has 1 aliphatic heterocycles. The van der Waals surface area contributed by atoms with Crippen molar-refractivity contribution < 1.29 is 14.3 Å². The van der Waals surface area contributed by atoms with Crippen LogP contribution >= 0.6 is 0 Å². The molecule has 4 fully saturated rings. The summed E-state index contributed by atoms with van der Waals surface area (Å²) in [5, 5.41) is 0. The molecule has 0 aromatic carbocycles. The number of hydrogen-bond acceptors (Lipinski definition) is 3. The van der Waals surface area contributed by atoms with Crippen LogP contribution < -0.4 is 0 Å². The maximum Gasteiger partial charge on any atom is 0.156 e. The van der Waals surface area contributed by atoms with Crippen molar-refractivity contribution in [1.29, 1.82) is 0 Å². The summed E-state index contributed by atoms with van der Waals surface area (Å²) in [6.45, 7) is 8.39. The van der Waals surface area contributed by atoms with E-state index in [9.17, 15) is 9.59 Å². The van der Waals surface area contributed by atoms with Crippen molar-refractivity contribution in [2.45, 2.75) is 78.4 Å². The van der Waals surface area contributed by atoms with Gasteiger partial charge in [-0.15, -0.1) is 0 Å². The molecular weight excluding hydrogens is 312 g/mol. The second-order valence-electron chi connectivity index (χ2n) is 10.2. The Hall–Kier alpha value is -0.960. The van der Waals surface area contributed by atoms with E-state index in [1.54, 1.807) is 6.92 Å². The second kappa shape index (κ2) is 4.85. The molecule has 3 nitrogen and oxygen atoms in total. The molecule has 3 saturated carbocycles. The average Bonchev–Trinajstić information content (AvgIpc) is 3.17. The Morgan fingerprint density at radius 1 is 1.20 bits per heavy atom. The van der Waals surface area contributed by atoms with E-state index < -0.39 is 0 Å². The van der Waals surface area contributed by atoms with Gasteiger partial charge in [0.05, 0.1) is 12.2 Å². The van der Waals surface area contributed by atoms with Crippen LogP contribution in [0.15, 0.2) is 11.1 Å². The smallest absolute Gasteiger partial charge is 0.156 e. The molecule has 0 radical (unpaired) electrons. The van der Waals surface area contributed by atoms with Crippen LogP contribution in [0.1, 0.15) is 66.2 Å². The Morgan fingerprint density at radius 3 is 2.68 bits per heavy atom. The molecule has 25 heavy (non-hydrogen) atoms. The van der Waals surface area contributed by atoms with Crippen molar-refractivity contribution in [2.24, 2.45) is 34.5 Å². The molecule has 0 spiro atoms. The van der Waals surface area contributed by atoms with Gasteiger partial charge in [0.2, 0.25) is 0 Å². The minimum Gasteiger partial charge on any atom is -0.370 e. The number of allylic oxidation sites excluding steroid dienone is 2. The summed E-state index contributed by atoms with van der Waals surface area (Å²) >= 11 is 0. The third-order valence-corrected chi connectivity index (χ3v) is 8.86. The number of Topliss-reactive ketones (excluding diaryl/α,β-unsaturated/α-hetero) is 2. The number of hydrogen-bond donors (Lipinski definition) is 0. The molecular formula is C22H30O3. The monoisotopic (exact) mass is 342 g/mol. The fraction of sp³-hybridized carbons (Fsp3) is 0.818. The van der Waals surface area contributed by atoms with Crippen LogP contribution in [0.5, 0.6) is 0 Å². The van der Waals surface area contributed by atoms with E-state index in [1.807, 2.05) is 0 Å². The Morgan fingerprint density at radius 2 is 1.96 bits per heavy atom. The maximum absolute atomic E-state index is 13.5. The van der Waals surface area contributed by atoms with Gasteiger partial charge in [-0.3, -0.25) is 9.59 Å². The lowest BCUT2D eigenvalue weighted by Gasteiger charge is -2.58. The summed E-state index contributed by atoms with van der Waals surface area (Å²) in [5.41, 5.74) is 2.12. The van der Waals surface area contributed by atoms with E-state index in [0.717, 1.165) is 31.3 Å². The van der Waals surface area contributed by atoms with E-state index in [2.05, 4.69) is 20.8 Å². The van der Waals surface area contributed by atoms with Gasteiger partial charge in [0, 0.05) is 23.3 Å². The number of carbonyl (C=O) groups is 2. The lowest BCUT2D eigenvalue weighted by molar-refractivity contribution is -0.153. The first-order valence-corrected chi connectivity index (χ1v) is 10.1. The van der Waals surface area contributed by atoms with Crippen molar-refractivity contribution in [1.82, 2.24) is 0 Å². The van der Waals surface area contributed by atoms with Crippen molar-refractivity contribution in [2.75, 3.05) is 0 Å². The second-order valence-corrected chi connectivity index (χ2v) is 10.2. The first-order valence-electron chi connectivity index (χ1n) is 10.1. The standard InChI is InChI=1S/C22H30O3/c1-11-7-15-14-6-5-13-8-17-18(25-17)10-21(13,3)20(14)16(24)9-22(15,4)19(11)12(2)23/h13-15,17-18,20H,5-10H2,1-4H3/t13-,14-,15-,17-,18+,20+,21-,22-/m0/s1. The third-order valence-electron chi connectivity index (χ3n) is 8.86. The molecule has 0 amide bonds. The van der Waals surface area contributed by atoms with E-state index >= 15 is 0 Å². The molecule has 5 rings (SSSR count). The molecule has 5 aliphatic rings. The van der Waals surface area contributed by atoms with Crippen molar-refractivity contribution in [3.05, 3.63) is 11.1 Å². The van der Waals surface area contributed by atoms with Gasteiger partial charge in [-0.05, 0) is 69.1 Å². The van der Waals surface area contributed by atoms with E-state index in [1.165, 1.54) is 12.0 Å². The van der Waals surface area contributed by atoms with Gasteiger partial charge in [0.15, 0.2) is 5.78 Å². The molecule has 0 bridgehead atoms. The quantitative estimate of drug-likeness (QED) is 0.674. The zero-order chi connectivity index (χ0) is 17.7. The first kappa shape index (κ1) is 16.2. The molecule has 0 aromatic rings. The number of rotatable bonds is 1. The minimum atomic E-state index is -0.218. The first-order chi connectivity index (χ1) is 11.8. The lowest BCUT2D eigenvalue weighted by Crippen LogP contribution is -2.57. The van der Waals surface area contributed by atoms with Crippen molar-refractivity contribution >= 4 is 11.6 Å². The summed E-state index contributed by atoms with van der Waals surface area (Å²) in [6.07, 6.45) is 7.12. The highest BCUT2D eigenvalue weighted by Gasteiger charge is 2.65. The van der Waals surface area contributed by atoms with Gasteiger partial charge in [-0.2, -0.15) is 0 Å². The molecule has 4 aliphatic carbocycles. The Balaban J connectivity index is 1.54. The topological polar surface area (TPSA) is 46.7 Å². The van der Waals surface area contributed by atoms with Crippen LogP contribution in [0, 0.1) is 34.5 Å². The third kappa shape index (κ3) is 1.97. The maximum atomic E-state index is 13.5. The Labute approximate surface area is 150 Å². The SMILES string of the molecule is CC(=O)C1=C(C)C[C@H]2[C@@H]3CC[C@H]4C[C@@H]5O[C@@H]5C[C@]4(C)[C@H]3C(=O)C[C@]12C. The van der Waals surface area contributed by atoms with Crippen LogP contribution in [0.2, 0.25) is 0 Å². The minimum absolute atomic E-state index is 0.117. The van der Waals surface area contributed by atoms with Crippen LogP contribution in [-0.2, 0) is 14.3 Å². The molecule has 0 N–H and O–H groups in total. The molecule has 8 atom stereocenters. The van der Waals surface area contributed by atoms with Gasteiger partial charge in [-0.1, -0.05) is 19.4 Å². The molecule has 0 aromatic heterocycles. The summed E-state index contributed by atoms with van der Waals surface area (Å²) in [7, 11) is 0. The van der Waals surface area contributed by atoms with Gasteiger partial charge < -0.3 is 4.74 Å². The highest BCUT2D eigenvalue weighted by Crippen LogP contribution is 2.67. The summed E-state index contributed by atoms with van der Waals surface area (Å²) in [4.78, 5) is 25.8. The number of ether oxygens (including phenoxy) is 1. The van der Waals surface area contributed by atoms with E-state index in [0.29, 0.717) is 42.2 Å². The van der Waals surface area contributed by atoms with Crippen LogP contribution in [0.3, 0.4) is 0 Å². The normalized spacial score (nSPS) is 53.7. The van der Waals surface area contributed by atoms with Gasteiger partial charge in [0.25, 0.3) is 0 Å². The Bertz CT molecular complexity index is 706. The molecule has 136 valence electrons. The molecule has 3 heteroatoms. The van der Waals surface area contributed by atoms with Crippen molar-refractivity contribution in [3.63, 3.8) is 0 Å². The van der Waals surface area contributed by atoms with Crippen LogP contribution in [-0.4, -0.2) is 23.8 Å². The van der Waals surface area contributed by atoms with Gasteiger partial charge in [-0.25, -0.2) is 0 Å². The Kier molecular flexibility index (Phi) is 3.15. The predicted molar refractivity (Wildman–Crippen MR) is 94.9 cm³/mol. The summed E-state index contributed by atoms with van der Waals surface area (Å²) in [5.74, 6) is 2.38. The largest absolute Gasteiger partial charge is 0.370 e. The van der Waals surface area contributed by atoms with Crippen molar-refractivity contribution in [3.8, 4) is 0 Å². The number of carbonyl (C=O) groups excluding carboxylic acids is 2. The fourth-order valence-corrected chi connectivity index (χ4v) is 7.98. The van der Waals surface area contributed by atoms with Crippen LogP contribution in [0.4, 0.5) is 0 Å². The zero-order valence-corrected chi connectivity index (χ0v) is 15.9. The summed E-state index contributed by atoms with van der Waals surface area (Å²) < 4.78 is 5.86. The molecule has 1 heterocycles. The molecule has 0 unspecified atom stereocenters. The van der Waals surface area contributed by atoms with Gasteiger partial charge >= 0.3 is 0 Å². The van der Waals surface area contributed by atoms with Gasteiger partial charge in [0.1, 0.15) is 5.78 Å². The summed E-state index contributed by atoms with van der Waals surface area (Å²) in [6, 6.07) is 0. The average molecular weight is 342 g/mol. The number of epoxide rings is 1. The highest BCUT2D eigenvalue weighted by molar-refractivity contribution is 5.98. The predicted octanol–water partition coefficient (Wildman–Crippen LogP) is 4.10. The number of ketones is 2. The van der Waals surface area contributed by atoms with E-state index in [4.69, 9.17) is 4.74 Å². The number of fused-ring (bicyclic) bond motifs is 6. The zero-order valence-electron chi connectivity index (χ0n) is 15.9. The highest BCUT2D eigenvalue weighted by atomic mass is 16.6. The van der Waals surface area contributed by atoms with Crippen LogP contribution in [0.25, 0.3) is 0 Å². The lowest BCUT2D eigenvalue weighted by atomic mass is 9.44. The molecule has 1 saturated heterocycles. The fourth-order valence-electron chi connectivity index (χ4n) is 7.98.